The Morgan fingerprint density at radius 1 is 0.321 bits per heavy atom. The van der Waals surface area contributed by atoms with Crippen molar-refractivity contribution in [1.82, 2.24) is 24.5 Å². The Balaban J connectivity index is 1.10. The predicted octanol–water partition coefficient (Wildman–Crippen LogP) is 12.9. The highest BCUT2D eigenvalue weighted by atomic mass is 15.0. The lowest BCUT2D eigenvalue weighted by atomic mass is 9.99. The summed E-state index contributed by atoms with van der Waals surface area (Å²) >= 11 is 0. The molecular formula is C51H33N5. The van der Waals surface area contributed by atoms with Gasteiger partial charge in [0, 0.05) is 54.8 Å². The van der Waals surface area contributed by atoms with Crippen molar-refractivity contribution in [3.8, 4) is 62.1 Å². The monoisotopic (exact) mass is 715 g/mol. The van der Waals surface area contributed by atoms with E-state index < -0.39 is 0 Å². The van der Waals surface area contributed by atoms with Gasteiger partial charge in [-0.25, -0.2) is 15.0 Å². The van der Waals surface area contributed by atoms with Gasteiger partial charge < -0.3 is 9.55 Å². The number of para-hydroxylation sites is 2. The molecule has 3 aromatic heterocycles. The van der Waals surface area contributed by atoms with E-state index >= 15 is 0 Å². The van der Waals surface area contributed by atoms with Gasteiger partial charge in [-0.05, 0) is 71.3 Å². The highest BCUT2D eigenvalue weighted by Crippen LogP contribution is 2.40. The highest BCUT2D eigenvalue weighted by Gasteiger charge is 2.19. The largest absolute Gasteiger partial charge is 0.355 e. The SMILES string of the molecule is c1ccc(-c2nc(-c3ccccc3)nc(-c3ccc(-n4c5ccccc5c5cc(-c6ccc7[nH]c8ccccc8c7c6)ccc54)c(-c4ccccc4)c3)n2)cc1. The number of hydrogen-bond donors (Lipinski definition) is 1. The molecule has 0 atom stereocenters. The second kappa shape index (κ2) is 13.0. The summed E-state index contributed by atoms with van der Waals surface area (Å²) in [6, 6.07) is 68.3. The van der Waals surface area contributed by atoms with E-state index in [0.29, 0.717) is 17.5 Å². The lowest BCUT2D eigenvalue weighted by Gasteiger charge is -2.16. The van der Waals surface area contributed by atoms with E-state index in [1.165, 1.54) is 32.7 Å². The lowest BCUT2D eigenvalue weighted by Crippen LogP contribution is -2.02. The Kier molecular flexibility index (Phi) is 7.42. The van der Waals surface area contributed by atoms with Crippen LogP contribution in [-0.4, -0.2) is 24.5 Å². The van der Waals surface area contributed by atoms with Crippen LogP contribution >= 0.6 is 0 Å². The van der Waals surface area contributed by atoms with E-state index in [4.69, 9.17) is 15.0 Å². The topological polar surface area (TPSA) is 59.4 Å². The van der Waals surface area contributed by atoms with Crippen molar-refractivity contribution in [2.24, 2.45) is 0 Å². The minimum atomic E-state index is 0.625. The molecule has 0 bridgehead atoms. The molecule has 3 heterocycles. The fraction of sp³-hybridized carbons (Fsp3) is 0. The van der Waals surface area contributed by atoms with Crippen molar-refractivity contribution < 1.29 is 0 Å². The summed E-state index contributed by atoms with van der Waals surface area (Å²) in [4.78, 5) is 18.6. The molecule has 0 spiro atoms. The van der Waals surface area contributed by atoms with Gasteiger partial charge in [-0.3, -0.25) is 0 Å². The van der Waals surface area contributed by atoms with E-state index in [1.807, 2.05) is 60.7 Å². The molecule has 0 amide bonds. The molecule has 8 aromatic carbocycles. The molecule has 5 heteroatoms. The van der Waals surface area contributed by atoms with Crippen LogP contribution in [-0.2, 0) is 0 Å². The fourth-order valence-electron chi connectivity index (χ4n) is 8.10. The average Bonchev–Trinajstić information content (AvgIpc) is 3.82. The van der Waals surface area contributed by atoms with E-state index in [0.717, 1.165) is 55.6 Å². The summed E-state index contributed by atoms with van der Waals surface area (Å²) in [6.07, 6.45) is 0. The van der Waals surface area contributed by atoms with Gasteiger partial charge in [-0.1, -0.05) is 140 Å². The first-order chi connectivity index (χ1) is 27.7. The van der Waals surface area contributed by atoms with Crippen LogP contribution in [0.2, 0.25) is 0 Å². The van der Waals surface area contributed by atoms with E-state index in [9.17, 15) is 0 Å². The smallest absolute Gasteiger partial charge is 0.164 e. The summed E-state index contributed by atoms with van der Waals surface area (Å²) in [7, 11) is 0. The van der Waals surface area contributed by atoms with Gasteiger partial charge >= 0.3 is 0 Å². The number of nitrogens with zero attached hydrogens (tertiary/aromatic N) is 4. The summed E-state index contributed by atoms with van der Waals surface area (Å²) in [5, 5.41) is 4.89. The van der Waals surface area contributed by atoms with Gasteiger partial charge in [0.2, 0.25) is 0 Å². The number of aromatic nitrogens is 5. The third-order valence-electron chi connectivity index (χ3n) is 10.8. The fourth-order valence-corrected chi connectivity index (χ4v) is 8.10. The first-order valence-corrected chi connectivity index (χ1v) is 18.9. The second-order valence-corrected chi connectivity index (χ2v) is 14.2. The summed E-state index contributed by atoms with van der Waals surface area (Å²) < 4.78 is 2.40. The molecule has 11 rings (SSSR count). The molecular weight excluding hydrogens is 683 g/mol. The lowest BCUT2D eigenvalue weighted by molar-refractivity contribution is 1.07. The minimum absolute atomic E-state index is 0.625. The van der Waals surface area contributed by atoms with Gasteiger partial charge in [0.1, 0.15) is 0 Å². The van der Waals surface area contributed by atoms with Crippen molar-refractivity contribution in [1.29, 1.82) is 0 Å². The van der Waals surface area contributed by atoms with Crippen molar-refractivity contribution >= 4 is 43.6 Å². The number of fused-ring (bicyclic) bond motifs is 6. The van der Waals surface area contributed by atoms with Gasteiger partial charge in [0.15, 0.2) is 17.5 Å². The zero-order valence-electron chi connectivity index (χ0n) is 30.3. The maximum Gasteiger partial charge on any atom is 0.164 e. The molecule has 0 aliphatic heterocycles. The molecule has 11 aromatic rings. The van der Waals surface area contributed by atoms with Crippen molar-refractivity contribution in [2.45, 2.75) is 0 Å². The average molecular weight is 716 g/mol. The minimum Gasteiger partial charge on any atom is -0.355 e. The van der Waals surface area contributed by atoms with Crippen LogP contribution in [0.4, 0.5) is 0 Å². The molecule has 0 saturated carbocycles. The number of rotatable bonds is 6. The molecule has 5 nitrogen and oxygen atoms in total. The van der Waals surface area contributed by atoms with Crippen molar-refractivity contribution in [3.05, 3.63) is 194 Å². The summed E-state index contributed by atoms with van der Waals surface area (Å²) in [6.45, 7) is 0. The first kappa shape index (κ1) is 31.9. The first-order valence-electron chi connectivity index (χ1n) is 18.9. The van der Waals surface area contributed by atoms with Crippen LogP contribution in [0.25, 0.3) is 106 Å². The van der Waals surface area contributed by atoms with Crippen molar-refractivity contribution in [3.63, 3.8) is 0 Å². The highest BCUT2D eigenvalue weighted by molar-refractivity contribution is 6.12. The van der Waals surface area contributed by atoms with Crippen LogP contribution < -0.4 is 0 Å². The predicted molar refractivity (Wildman–Crippen MR) is 231 cm³/mol. The van der Waals surface area contributed by atoms with Crippen LogP contribution in [0.15, 0.2) is 194 Å². The van der Waals surface area contributed by atoms with Crippen LogP contribution in [0, 0.1) is 0 Å². The molecule has 0 unspecified atom stereocenters. The Labute approximate surface area is 323 Å². The number of nitrogens with one attached hydrogen (secondary N) is 1. The Morgan fingerprint density at radius 2 is 0.821 bits per heavy atom. The van der Waals surface area contributed by atoms with E-state index in [1.54, 1.807) is 0 Å². The molecule has 0 aliphatic carbocycles. The number of benzene rings is 8. The zero-order valence-corrected chi connectivity index (χ0v) is 30.3. The third kappa shape index (κ3) is 5.37. The zero-order chi connectivity index (χ0) is 37.0. The maximum atomic E-state index is 5.07. The number of aromatic amines is 1. The molecule has 0 aliphatic rings. The van der Waals surface area contributed by atoms with Gasteiger partial charge in [0.05, 0.1) is 16.7 Å². The number of hydrogen-bond acceptors (Lipinski definition) is 3. The summed E-state index contributed by atoms with van der Waals surface area (Å²) in [5.74, 6) is 1.91. The summed E-state index contributed by atoms with van der Waals surface area (Å²) in [5.41, 5.74) is 13.1. The van der Waals surface area contributed by atoms with Crippen LogP contribution in [0.5, 0.6) is 0 Å². The molecule has 0 saturated heterocycles. The van der Waals surface area contributed by atoms with Crippen molar-refractivity contribution in [2.75, 3.05) is 0 Å². The Bertz CT molecular complexity index is 3180. The van der Waals surface area contributed by atoms with Gasteiger partial charge in [-0.2, -0.15) is 0 Å². The van der Waals surface area contributed by atoms with Crippen LogP contribution in [0.1, 0.15) is 0 Å². The molecule has 56 heavy (non-hydrogen) atoms. The quantitative estimate of drug-likeness (QED) is 0.186. The number of H-pyrrole nitrogens is 1. The molecule has 0 fully saturated rings. The van der Waals surface area contributed by atoms with E-state index in [-0.39, 0.29) is 0 Å². The van der Waals surface area contributed by atoms with Gasteiger partial charge in [0.25, 0.3) is 0 Å². The maximum absolute atomic E-state index is 5.07. The Hall–Kier alpha value is -7.63. The third-order valence-corrected chi connectivity index (χ3v) is 10.8. The normalized spacial score (nSPS) is 11.6. The standard InChI is InChI=1S/C51H33N5/c1-4-14-33(15-5-1)41-32-38(51-54-49(34-16-6-2-7-17-34)53-50(55-51)35-18-8-3-9-19-35)26-29-47(41)56-46-23-13-11-21-40(46)43-31-37(25-28-48(43)56)36-24-27-45-42(30-36)39-20-10-12-22-44(39)52-45/h1-32,52H. The molecule has 262 valence electrons. The van der Waals surface area contributed by atoms with E-state index in [2.05, 4.69) is 143 Å². The Morgan fingerprint density at radius 3 is 1.52 bits per heavy atom. The second-order valence-electron chi connectivity index (χ2n) is 14.2. The molecule has 1 N–H and O–H groups in total. The van der Waals surface area contributed by atoms with Crippen LogP contribution in [0.3, 0.4) is 0 Å². The molecule has 0 radical (unpaired) electrons. The van der Waals surface area contributed by atoms with Gasteiger partial charge in [-0.15, -0.1) is 0 Å².